The van der Waals surface area contributed by atoms with Crippen molar-refractivity contribution in [3.05, 3.63) is 29.8 Å². The summed E-state index contributed by atoms with van der Waals surface area (Å²) in [7, 11) is -3.28. The van der Waals surface area contributed by atoms with E-state index in [0.717, 1.165) is 32.2 Å². The van der Waals surface area contributed by atoms with E-state index in [0.29, 0.717) is 12.1 Å². The third-order valence-corrected chi connectivity index (χ3v) is 5.14. The lowest BCUT2D eigenvalue weighted by atomic mass is 10.1. The Morgan fingerprint density at radius 2 is 2.05 bits per heavy atom. The van der Waals surface area contributed by atoms with Gasteiger partial charge in [-0.2, -0.15) is 0 Å². The topological polar surface area (TPSA) is 66.5 Å². The second kappa shape index (κ2) is 5.59. The van der Waals surface area contributed by atoms with E-state index in [9.17, 15) is 13.2 Å². The molecule has 0 atom stereocenters. The number of benzene rings is 1. The first-order valence-electron chi connectivity index (χ1n) is 6.74. The highest BCUT2D eigenvalue weighted by atomic mass is 35.5. The highest BCUT2D eigenvalue weighted by Crippen LogP contribution is 2.37. The van der Waals surface area contributed by atoms with E-state index < -0.39 is 9.84 Å². The second-order valence-electron chi connectivity index (χ2n) is 5.73. The molecule has 0 radical (unpaired) electrons. The normalized spacial score (nSPS) is 20.0. The number of hydrogen-bond acceptors (Lipinski definition) is 4. The smallest absolute Gasteiger partial charge is 0.254 e. The monoisotopic (exact) mass is 330 g/mol. The molecular weight excluding hydrogens is 312 g/mol. The Balaban J connectivity index is 0.00000161. The summed E-state index contributed by atoms with van der Waals surface area (Å²) in [6.07, 6.45) is 3.38. The van der Waals surface area contributed by atoms with Crippen LogP contribution in [0.15, 0.2) is 29.2 Å². The van der Waals surface area contributed by atoms with Gasteiger partial charge in [-0.05, 0) is 31.0 Å². The fourth-order valence-electron chi connectivity index (χ4n) is 2.66. The predicted octanol–water partition coefficient (Wildman–Crippen LogP) is 1.09. The van der Waals surface area contributed by atoms with E-state index in [2.05, 4.69) is 5.32 Å². The van der Waals surface area contributed by atoms with E-state index >= 15 is 0 Å². The van der Waals surface area contributed by atoms with E-state index in [-0.39, 0.29) is 28.7 Å². The lowest BCUT2D eigenvalue weighted by Crippen LogP contribution is -2.54. The molecule has 1 aromatic rings. The Morgan fingerprint density at radius 1 is 1.33 bits per heavy atom. The van der Waals surface area contributed by atoms with Crippen LogP contribution in [0.2, 0.25) is 0 Å². The summed E-state index contributed by atoms with van der Waals surface area (Å²) in [5.41, 5.74) is 0.577. The fraction of sp³-hybridized carbons (Fsp3) is 0.500. The molecule has 1 spiro atoms. The van der Waals surface area contributed by atoms with E-state index in [1.807, 2.05) is 4.90 Å². The molecule has 1 aromatic carbocycles. The van der Waals surface area contributed by atoms with Crippen LogP contribution < -0.4 is 5.32 Å². The van der Waals surface area contributed by atoms with Crippen molar-refractivity contribution in [1.29, 1.82) is 0 Å². The van der Waals surface area contributed by atoms with Crippen molar-refractivity contribution >= 4 is 28.2 Å². The number of carbonyl (C=O) groups excluding carboxylic acids is 1. The summed E-state index contributed by atoms with van der Waals surface area (Å²) < 4.78 is 23.1. The quantitative estimate of drug-likeness (QED) is 0.881. The van der Waals surface area contributed by atoms with Gasteiger partial charge in [-0.1, -0.05) is 6.07 Å². The largest absolute Gasteiger partial charge is 0.336 e. The lowest BCUT2D eigenvalue weighted by molar-refractivity contribution is 0.0691. The van der Waals surface area contributed by atoms with Crippen LogP contribution in [0.1, 0.15) is 23.2 Å². The van der Waals surface area contributed by atoms with E-state index in [1.165, 1.54) is 12.1 Å². The number of halogens is 1. The zero-order chi connectivity index (χ0) is 14.4. The number of carbonyl (C=O) groups is 1. The molecule has 116 valence electrons. The second-order valence-corrected chi connectivity index (χ2v) is 7.75. The molecule has 21 heavy (non-hydrogen) atoms. The van der Waals surface area contributed by atoms with Crippen LogP contribution in [-0.2, 0) is 9.84 Å². The van der Waals surface area contributed by atoms with Crippen LogP contribution in [0.4, 0.5) is 0 Å². The Bertz CT molecular complexity index is 656. The highest BCUT2D eigenvalue weighted by molar-refractivity contribution is 7.90. The number of nitrogens with one attached hydrogen (secondary N) is 1. The minimum atomic E-state index is -3.28. The molecule has 5 nitrogen and oxygen atoms in total. The van der Waals surface area contributed by atoms with Gasteiger partial charge in [-0.3, -0.25) is 4.79 Å². The number of rotatable bonds is 2. The van der Waals surface area contributed by atoms with Gasteiger partial charge in [-0.25, -0.2) is 8.42 Å². The summed E-state index contributed by atoms with van der Waals surface area (Å²) in [5.74, 6) is -0.0803. The molecule has 1 N–H and O–H groups in total. The maximum absolute atomic E-state index is 12.5. The number of amides is 1. The molecular formula is C14H19ClN2O3S. The van der Waals surface area contributed by atoms with Crippen molar-refractivity contribution in [3.8, 4) is 0 Å². The Kier molecular flexibility index (Phi) is 4.33. The van der Waals surface area contributed by atoms with Crippen LogP contribution in [0.25, 0.3) is 0 Å². The highest BCUT2D eigenvalue weighted by Gasteiger charge is 2.46. The number of nitrogens with zero attached hydrogens (tertiary/aromatic N) is 1. The first-order chi connectivity index (χ1) is 9.40. The van der Waals surface area contributed by atoms with Gasteiger partial charge in [0.25, 0.3) is 5.91 Å². The Labute approximate surface area is 131 Å². The van der Waals surface area contributed by atoms with Gasteiger partial charge >= 0.3 is 0 Å². The summed E-state index contributed by atoms with van der Waals surface area (Å²) in [5, 5.41) is 3.45. The molecule has 0 aromatic heterocycles. The number of sulfone groups is 1. The van der Waals surface area contributed by atoms with Crippen LogP contribution >= 0.6 is 12.4 Å². The molecule has 1 aliphatic heterocycles. The lowest BCUT2D eigenvalue weighted by Gasteiger charge is -2.34. The summed E-state index contributed by atoms with van der Waals surface area (Å²) >= 11 is 0. The van der Waals surface area contributed by atoms with E-state index in [4.69, 9.17) is 0 Å². The minimum Gasteiger partial charge on any atom is -0.336 e. The molecule has 0 bridgehead atoms. The van der Waals surface area contributed by atoms with Gasteiger partial charge in [0.1, 0.15) is 0 Å². The zero-order valence-corrected chi connectivity index (χ0v) is 13.5. The molecule has 0 unspecified atom stereocenters. The summed E-state index contributed by atoms with van der Waals surface area (Å²) in [4.78, 5) is 14.5. The van der Waals surface area contributed by atoms with Gasteiger partial charge in [0.2, 0.25) is 0 Å². The molecule has 1 saturated heterocycles. The van der Waals surface area contributed by atoms with Gasteiger partial charge in [0, 0.05) is 37.0 Å². The van der Waals surface area contributed by atoms with Crippen molar-refractivity contribution in [2.75, 3.05) is 25.9 Å². The zero-order valence-electron chi connectivity index (χ0n) is 11.8. The maximum atomic E-state index is 12.5. The van der Waals surface area contributed by atoms with Crippen molar-refractivity contribution in [1.82, 2.24) is 10.2 Å². The van der Waals surface area contributed by atoms with Crippen LogP contribution in [0.5, 0.6) is 0 Å². The van der Waals surface area contributed by atoms with E-state index in [1.54, 1.807) is 12.1 Å². The standard InChI is InChI=1S/C14H18N2O3S.ClH/c1-20(18,19)12-4-2-3-11(9-12)13(17)16-8-7-15-14(10-16)5-6-14;/h2-4,9,15H,5-8,10H2,1H3;1H. The first-order valence-corrected chi connectivity index (χ1v) is 8.63. The van der Waals surface area contributed by atoms with Crippen molar-refractivity contribution in [2.45, 2.75) is 23.3 Å². The average Bonchev–Trinajstić information content (AvgIpc) is 3.16. The van der Waals surface area contributed by atoms with Crippen LogP contribution in [0.3, 0.4) is 0 Å². The summed E-state index contributed by atoms with van der Waals surface area (Å²) in [6, 6.07) is 6.29. The SMILES string of the molecule is CS(=O)(=O)c1cccc(C(=O)N2CCNC3(CC3)C2)c1.Cl. The van der Waals surface area contributed by atoms with Crippen molar-refractivity contribution in [3.63, 3.8) is 0 Å². The maximum Gasteiger partial charge on any atom is 0.254 e. The molecule has 2 fully saturated rings. The molecule has 7 heteroatoms. The van der Waals surface area contributed by atoms with Gasteiger partial charge in [0.15, 0.2) is 9.84 Å². The molecule has 1 amide bonds. The first kappa shape index (κ1) is 16.3. The molecule has 3 rings (SSSR count). The number of hydrogen-bond donors (Lipinski definition) is 1. The van der Waals surface area contributed by atoms with Crippen molar-refractivity contribution in [2.24, 2.45) is 0 Å². The van der Waals surface area contributed by atoms with Crippen LogP contribution in [0, 0.1) is 0 Å². The summed E-state index contributed by atoms with van der Waals surface area (Å²) in [6.45, 7) is 2.19. The molecule has 1 heterocycles. The predicted molar refractivity (Wildman–Crippen MR) is 82.7 cm³/mol. The average molecular weight is 331 g/mol. The van der Waals surface area contributed by atoms with Gasteiger partial charge in [0.05, 0.1) is 4.90 Å². The third-order valence-electron chi connectivity index (χ3n) is 4.03. The van der Waals surface area contributed by atoms with Gasteiger partial charge < -0.3 is 10.2 Å². The number of piperazine rings is 1. The third kappa shape index (κ3) is 3.39. The molecule has 1 saturated carbocycles. The Hall–Kier alpha value is -1.11. The molecule has 2 aliphatic rings. The molecule has 1 aliphatic carbocycles. The van der Waals surface area contributed by atoms with Crippen LogP contribution in [-0.4, -0.2) is 50.7 Å². The van der Waals surface area contributed by atoms with Gasteiger partial charge in [-0.15, -0.1) is 12.4 Å². The van der Waals surface area contributed by atoms with Crippen molar-refractivity contribution < 1.29 is 13.2 Å². The Morgan fingerprint density at radius 3 is 2.67 bits per heavy atom. The fourth-order valence-corrected chi connectivity index (χ4v) is 3.32. The minimum absolute atomic E-state index is 0.